The van der Waals surface area contributed by atoms with Crippen LogP contribution in [0.1, 0.15) is 5.76 Å². The van der Waals surface area contributed by atoms with E-state index in [1.54, 1.807) is 24.5 Å². The molecule has 0 saturated heterocycles. The molecule has 3 aromatic rings. The van der Waals surface area contributed by atoms with Gasteiger partial charge in [0.1, 0.15) is 19.0 Å². The fraction of sp³-hybridized carbons (Fsp3) is 0.278. The van der Waals surface area contributed by atoms with Gasteiger partial charge < -0.3 is 23.8 Å². The number of aromatic nitrogens is 3. The Balaban J connectivity index is 1.39. The first kappa shape index (κ1) is 17.5. The van der Waals surface area contributed by atoms with Gasteiger partial charge in [-0.1, -0.05) is 11.8 Å². The lowest BCUT2D eigenvalue weighted by molar-refractivity contribution is -0.113. The van der Waals surface area contributed by atoms with Crippen LogP contribution in [-0.2, 0) is 11.8 Å². The number of carbonyl (C=O) groups excluding carboxylic acids is 1. The molecule has 0 atom stereocenters. The average molecular weight is 386 g/mol. The van der Waals surface area contributed by atoms with E-state index in [2.05, 4.69) is 15.5 Å². The van der Waals surface area contributed by atoms with E-state index in [4.69, 9.17) is 13.9 Å². The Hall–Kier alpha value is -2.94. The summed E-state index contributed by atoms with van der Waals surface area (Å²) in [6.07, 6.45) is 1.62. The molecule has 1 aromatic carbocycles. The molecule has 0 spiro atoms. The molecule has 8 nitrogen and oxygen atoms in total. The molecule has 140 valence electrons. The standard InChI is InChI=1S/C18H18N4O4S/c1-11-13(5-6-24-11)17-20-21-18(22(17)2)27-10-16(23)19-12-3-4-14-15(9-12)26-8-7-25-14/h3-6,9H,7-8,10H2,1-2H3,(H,19,23). The lowest BCUT2D eigenvalue weighted by Crippen LogP contribution is -2.17. The van der Waals surface area contributed by atoms with E-state index >= 15 is 0 Å². The van der Waals surface area contributed by atoms with Crippen molar-refractivity contribution in [3.05, 3.63) is 36.3 Å². The summed E-state index contributed by atoms with van der Waals surface area (Å²) in [5, 5.41) is 11.9. The molecular weight excluding hydrogens is 368 g/mol. The Labute approximate surface area is 159 Å². The number of hydrogen-bond acceptors (Lipinski definition) is 7. The van der Waals surface area contributed by atoms with Gasteiger partial charge in [-0.2, -0.15) is 0 Å². The minimum atomic E-state index is -0.138. The van der Waals surface area contributed by atoms with Gasteiger partial charge in [-0.25, -0.2) is 0 Å². The van der Waals surface area contributed by atoms with Crippen LogP contribution < -0.4 is 14.8 Å². The minimum absolute atomic E-state index is 0.138. The highest BCUT2D eigenvalue weighted by atomic mass is 32.2. The van der Waals surface area contributed by atoms with Crippen molar-refractivity contribution in [3.8, 4) is 22.9 Å². The second-order valence-corrected chi connectivity index (χ2v) is 6.89. The van der Waals surface area contributed by atoms with Crippen molar-refractivity contribution in [2.75, 3.05) is 24.3 Å². The van der Waals surface area contributed by atoms with Crippen LogP contribution in [0.25, 0.3) is 11.4 Å². The number of anilines is 1. The Kier molecular flexibility index (Phi) is 4.76. The Morgan fingerprint density at radius 1 is 1.22 bits per heavy atom. The van der Waals surface area contributed by atoms with Crippen LogP contribution in [0.5, 0.6) is 11.5 Å². The summed E-state index contributed by atoms with van der Waals surface area (Å²) in [5.74, 6) is 2.88. The van der Waals surface area contributed by atoms with Gasteiger partial charge in [-0.3, -0.25) is 4.79 Å². The van der Waals surface area contributed by atoms with E-state index in [1.807, 2.05) is 24.6 Å². The van der Waals surface area contributed by atoms with Gasteiger partial charge in [0, 0.05) is 18.8 Å². The third-order valence-corrected chi connectivity index (χ3v) is 5.11. The molecule has 0 saturated carbocycles. The predicted molar refractivity (Wildman–Crippen MR) is 100 cm³/mol. The van der Waals surface area contributed by atoms with Crippen molar-refractivity contribution < 1.29 is 18.7 Å². The second-order valence-electron chi connectivity index (χ2n) is 5.95. The molecule has 4 rings (SSSR count). The summed E-state index contributed by atoms with van der Waals surface area (Å²) >= 11 is 1.32. The number of carbonyl (C=O) groups is 1. The third kappa shape index (κ3) is 3.63. The molecule has 27 heavy (non-hydrogen) atoms. The number of aryl methyl sites for hydroxylation is 1. The molecule has 0 radical (unpaired) electrons. The number of benzene rings is 1. The zero-order chi connectivity index (χ0) is 18.8. The van der Waals surface area contributed by atoms with Crippen LogP contribution in [-0.4, -0.2) is 39.6 Å². The van der Waals surface area contributed by atoms with E-state index in [9.17, 15) is 4.79 Å². The molecule has 9 heteroatoms. The Bertz CT molecular complexity index is 982. The number of nitrogens with zero attached hydrogens (tertiary/aromatic N) is 3. The van der Waals surface area contributed by atoms with Gasteiger partial charge in [0.15, 0.2) is 22.5 Å². The second kappa shape index (κ2) is 7.36. The molecule has 0 unspecified atom stereocenters. The van der Waals surface area contributed by atoms with Gasteiger partial charge in [0.05, 0.1) is 17.6 Å². The summed E-state index contributed by atoms with van der Waals surface area (Å²) in [6.45, 7) is 2.91. The van der Waals surface area contributed by atoms with Crippen LogP contribution in [0.3, 0.4) is 0 Å². The van der Waals surface area contributed by atoms with Crippen molar-refractivity contribution in [3.63, 3.8) is 0 Å². The molecule has 1 amide bonds. The van der Waals surface area contributed by atoms with Crippen LogP contribution in [0.4, 0.5) is 5.69 Å². The topological polar surface area (TPSA) is 91.4 Å². The van der Waals surface area contributed by atoms with Crippen molar-refractivity contribution in [2.45, 2.75) is 12.1 Å². The number of nitrogens with one attached hydrogen (secondary N) is 1. The maximum Gasteiger partial charge on any atom is 0.234 e. The summed E-state index contributed by atoms with van der Waals surface area (Å²) in [4.78, 5) is 12.3. The molecule has 3 heterocycles. The van der Waals surface area contributed by atoms with Gasteiger partial charge in [0.2, 0.25) is 5.91 Å². The van der Waals surface area contributed by atoms with Crippen LogP contribution >= 0.6 is 11.8 Å². The molecule has 1 aliphatic rings. The van der Waals surface area contributed by atoms with Gasteiger partial charge in [-0.15, -0.1) is 10.2 Å². The fourth-order valence-corrected chi connectivity index (χ4v) is 3.45. The molecule has 0 bridgehead atoms. The van der Waals surface area contributed by atoms with Gasteiger partial charge >= 0.3 is 0 Å². The maximum atomic E-state index is 12.3. The third-order valence-electron chi connectivity index (χ3n) is 4.09. The first-order valence-electron chi connectivity index (χ1n) is 8.38. The SMILES string of the molecule is Cc1occc1-c1nnc(SCC(=O)Nc2ccc3c(c2)OCCO3)n1C. The van der Waals surface area contributed by atoms with E-state index in [1.165, 1.54) is 11.8 Å². The summed E-state index contributed by atoms with van der Waals surface area (Å²) in [7, 11) is 1.86. The number of furan rings is 1. The normalized spacial score (nSPS) is 12.8. The van der Waals surface area contributed by atoms with E-state index in [0.29, 0.717) is 41.4 Å². The first-order valence-corrected chi connectivity index (χ1v) is 9.36. The number of fused-ring (bicyclic) bond motifs is 1. The lowest BCUT2D eigenvalue weighted by Gasteiger charge is -2.18. The smallest absolute Gasteiger partial charge is 0.234 e. The molecule has 0 aliphatic carbocycles. The minimum Gasteiger partial charge on any atom is -0.486 e. The summed E-state index contributed by atoms with van der Waals surface area (Å²) in [5.41, 5.74) is 1.55. The molecule has 1 N–H and O–H groups in total. The summed E-state index contributed by atoms with van der Waals surface area (Å²) < 4.78 is 18.2. The predicted octanol–water partition coefficient (Wildman–Crippen LogP) is 2.89. The Morgan fingerprint density at radius 3 is 2.81 bits per heavy atom. The van der Waals surface area contributed by atoms with E-state index in [-0.39, 0.29) is 11.7 Å². The summed E-state index contributed by atoms with van der Waals surface area (Å²) in [6, 6.07) is 7.19. The highest BCUT2D eigenvalue weighted by Gasteiger charge is 2.16. The number of ether oxygens (including phenoxy) is 2. The van der Waals surface area contributed by atoms with Crippen LogP contribution in [0.2, 0.25) is 0 Å². The number of hydrogen-bond donors (Lipinski definition) is 1. The van der Waals surface area contributed by atoms with Crippen molar-refractivity contribution in [1.82, 2.24) is 14.8 Å². The van der Waals surface area contributed by atoms with Gasteiger partial charge in [0.25, 0.3) is 0 Å². The largest absolute Gasteiger partial charge is 0.486 e. The average Bonchev–Trinajstić information content (AvgIpc) is 3.25. The molecular formula is C18H18N4O4S. The first-order chi connectivity index (χ1) is 13.1. The lowest BCUT2D eigenvalue weighted by atomic mass is 10.2. The quantitative estimate of drug-likeness (QED) is 0.674. The van der Waals surface area contributed by atoms with Crippen molar-refractivity contribution in [2.24, 2.45) is 7.05 Å². The van der Waals surface area contributed by atoms with Crippen LogP contribution in [0.15, 0.2) is 40.1 Å². The fourth-order valence-electron chi connectivity index (χ4n) is 2.74. The maximum absolute atomic E-state index is 12.3. The molecule has 1 aliphatic heterocycles. The van der Waals surface area contributed by atoms with E-state index < -0.39 is 0 Å². The Morgan fingerprint density at radius 2 is 2.04 bits per heavy atom. The monoisotopic (exact) mass is 386 g/mol. The van der Waals surface area contributed by atoms with Gasteiger partial charge in [-0.05, 0) is 25.1 Å². The molecule has 0 fully saturated rings. The van der Waals surface area contributed by atoms with E-state index in [0.717, 1.165) is 11.3 Å². The number of thioether (sulfide) groups is 1. The highest BCUT2D eigenvalue weighted by molar-refractivity contribution is 7.99. The van der Waals surface area contributed by atoms with Crippen molar-refractivity contribution >= 4 is 23.4 Å². The zero-order valence-electron chi connectivity index (χ0n) is 14.9. The van der Waals surface area contributed by atoms with Crippen molar-refractivity contribution in [1.29, 1.82) is 0 Å². The highest BCUT2D eigenvalue weighted by Crippen LogP contribution is 2.32. The molecule has 2 aromatic heterocycles. The number of rotatable bonds is 5. The zero-order valence-corrected chi connectivity index (χ0v) is 15.7. The van der Waals surface area contributed by atoms with Crippen LogP contribution in [0, 0.1) is 6.92 Å². The number of amides is 1.